The predicted molar refractivity (Wildman–Crippen MR) is 135 cm³/mol. The van der Waals surface area contributed by atoms with Gasteiger partial charge in [-0.25, -0.2) is 4.98 Å². The van der Waals surface area contributed by atoms with Gasteiger partial charge in [0.05, 0.1) is 24.8 Å². The Morgan fingerprint density at radius 1 is 0.941 bits per heavy atom. The number of rotatable bonds is 11. The summed E-state index contributed by atoms with van der Waals surface area (Å²) < 4.78 is 13.6. The third-order valence-corrected chi connectivity index (χ3v) is 5.84. The second-order valence-electron chi connectivity index (χ2n) is 8.20. The summed E-state index contributed by atoms with van der Waals surface area (Å²) in [5, 5.41) is 3.04. The summed E-state index contributed by atoms with van der Waals surface area (Å²) in [5.41, 5.74) is 3.83. The van der Waals surface area contributed by atoms with Gasteiger partial charge >= 0.3 is 0 Å². The number of carbonyl (C=O) groups is 1. The average Bonchev–Trinajstić information content (AvgIpc) is 3.22. The fourth-order valence-corrected chi connectivity index (χ4v) is 4.08. The Kier molecular flexibility index (Phi) is 7.81. The number of methoxy groups -OCH3 is 1. The number of aromatic nitrogens is 2. The zero-order chi connectivity index (χ0) is 23.8. The van der Waals surface area contributed by atoms with Crippen molar-refractivity contribution in [2.45, 2.75) is 32.7 Å². The first kappa shape index (κ1) is 23.4. The van der Waals surface area contributed by atoms with Gasteiger partial charge in [0, 0.05) is 25.1 Å². The third-order valence-electron chi connectivity index (χ3n) is 5.84. The van der Waals surface area contributed by atoms with E-state index in [0.29, 0.717) is 13.2 Å². The smallest absolute Gasteiger partial charge is 0.251 e. The zero-order valence-corrected chi connectivity index (χ0v) is 19.8. The first-order valence-corrected chi connectivity index (χ1v) is 11.7. The van der Waals surface area contributed by atoms with Crippen LogP contribution in [-0.2, 0) is 13.0 Å². The quantitative estimate of drug-likeness (QED) is 0.315. The lowest BCUT2D eigenvalue weighted by Crippen LogP contribution is -2.25. The number of carbonyl (C=O) groups excluding carboxylic acids is 1. The molecular weight excluding hydrogens is 426 g/mol. The number of aryl methyl sites for hydroxylation is 3. The van der Waals surface area contributed by atoms with Crippen molar-refractivity contribution in [3.8, 4) is 11.5 Å². The largest absolute Gasteiger partial charge is 0.493 e. The summed E-state index contributed by atoms with van der Waals surface area (Å²) in [5.74, 6) is 2.50. The van der Waals surface area contributed by atoms with Crippen LogP contribution < -0.4 is 14.8 Å². The third kappa shape index (κ3) is 5.57. The SMILES string of the molecule is COc1ccccc1OCCCn1c(CCCNC(=O)c2ccccc2C)nc2ccccc21. The highest BCUT2D eigenvalue weighted by Gasteiger charge is 2.12. The molecular formula is C28H31N3O3. The number of imidazole rings is 1. The van der Waals surface area contributed by atoms with Crippen molar-refractivity contribution < 1.29 is 14.3 Å². The molecule has 1 aromatic heterocycles. The molecule has 1 N–H and O–H groups in total. The molecule has 0 saturated carbocycles. The Hall–Kier alpha value is -3.80. The molecule has 34 heavy (non-hydrogen) atoms. The van der Waals surface area contributed by atoms with Crippen LogP contribution in [-0.4, -0.2) is 35.7 Å². The van der Waals surface area contributed by atoms with Crippen molar-refractivity contribution in [3.63, 3.8) is 0 Å². The zero-order valence-electron chi connectivity index (χ0n) is 19.8. The molecule has 0 aliphatic carbocycles. The topological polar surface area (TPSA) is 65.4 Å². The lowest BCUT2D eigenvalue weighted by Gasteiger charge is -2.12. The Labute approximate surface area is 200 Å². The van der Waals surface area contributed by atoms with Crippen LogP contribution >= 0.6 is 0 Å². The molecule has 0 saturated heterocycles. The van der Waals surface area contributed by atoms with Crippen LogP contribution in [0.2, 0.25) is 0 Å². The lowest BCUT2D eigenvalue weighted by atomic mass is 10.1. The summed E-state index contributed by atoms with van der Waals surface area (Å²) in [4.78, 5) is 17.3. The van der Waals surface area contributed by atoms with E-state index in [1.807, 2.05) is 73.7 Å². The predicted octanol–water partition coefficient (Wildman–Crippen LogP) is 5.19. The summed E-state index contributed by atoms with van der Waals surface area (Å²) in [7, 11) is 1.65. The highest BCUT2D eigenvalue weighted by Crippen LogP contribution is 2.26. The summed E-state index contributed by atoms with van der Waals surface area (Å²) in [6.07, 6.45) is 2.45. The second kappa shape index (κ2) is 11.4. The minimum Gasteiger partial charge on any atom is -0.493 e. The monoisotopic (exact) mass is 457 g/mol. The maximum atomic E-state index is 12.5. The number of hydrogen-bond donors (Lipinski definition) is 1. The molecule has 4 aromatic rings. The molecule has 4 rings (SSSR count). The molecule has 176 valence electrons. The van der Waals surface area contributed by atoms with E-state index in [2.05, 4.69) is 16.0 Å². The van der Waals surface area contributed by atoms with Gasteiger partial charge in [-0.2, -0.15) is 0 Å². The van der Waals surface area contributed by atoms with Gasteiger partial charge in [0.2, 0.25) is 0 Å². The molecule has 0 spiro atoms. The van der Waals surface area contributed by atoms with Crippen LogP contribution in [0.5, 0.6) is 11.5 Å². The Bertz CT molecular complexity index is 1250. The summed E-state index contributed by atoms with van der Waals surface area (Å²) >= 11 is 0. The van der Waals surface area contributed by atoms with Crippen molar-refractivity contribution >= 4 is 16.9 Å². The molecule has 1 heterocycles. The number of para-hydroxylation sites is 4. The molecule has 0 aliphatic heterocycles. The van der Waals surface area contributed by atoms with Gasteiger partial charge in [0.1, 0.15) is 5.82 Å². The number of nitrogens with one attached hydrogen (secondary N) is 1. The van der Waals surface area contributed by atoms with Crippen molar-refractivity contribution in [1.29, 1.82) is 0 Å². The number of hydrogen-bond acceptors (Lipinski definition) is 4. The Morgan fingerprint density at radius 3 is 2.50 bits per heavy atom. The highest BCUT2D eigenvalue weighted by atomic mass is 16.5. The molecule has 0 fully saturated rings. The molecule has 0 bridgehead atoms. The highest BCUT2D eigenvalue weighted by molar-refractivity contribution is 5.95. The maximum absolute atomic E-state index is 12.5. The molecule has 0 aliphatic rings. The van der Waals surface area contributed by atoms with E-state index in [4.69, 9.17) is 14.5 Å². The van der Waals surface area contributed by atoms with Crippen molar-refractivity contribution in [2.24, 2.45) is 0 Å². The van der Waals surface area contributed by atoms with Crippen LogP contribution in [0, 0.1) is 6.92 Å². The van der Waals surface area contributed by atoms with Crippen LogP contribution in [0.25, 0.3) is 11.0 Å². The molecule has 3 aromatic carbocycles. The first-order valence-electron chi connectivity index (χ1n) is 11.7. The van der Waals surface area contributed by atoms with Gasteiger partial charge < -0.3 is 19.4 Å². The summed E-state index contributed by atoms with van der Waals surface area (Å²) in [6.45, 7) is 3.95. The minimum atomic E-state index is -0.0277. The van der Waals surface area contributed by atoms with Gasteiger partial charge in [0.15, 0.2) is 11.5 Å². The van der Waals surface area contributed by atoms with Crippen LogP contribution in [0.15, 0.2) is 72.8 Å². The summed E-state index contributed by atoms with van der Waals surface area (Å²) in [6, 6.07) is 23.5. The normalized spacial score (nSPS) is 10.9. The number of amides is 1. The van der Waals surface area contributed by atoms with E-state index >= 15 is 0 Å². The van der Waals surface area contributed by atoms with Crippen LogP contribution in [0.1, 0.15) is 34.6 Å². The molecule has 6 heteroatoms. The number of ether oxygens (including phenoxy) is 2. The average molecular weight is 458 g/mol. The van der Waals surface area contributed by atoms with Gasteiger partial charge in [-0.15, -0.1) is 0 Å². The first-order chi connectivity index (χ1) is 16.7. The second-order valence-corrected chi connectivity index (χ2v) is 8.20. The van der Waals surface area contributed by atoms with Crippen molar-refractivity contribution in [1.82, 2.24) is 14.9 Å². The van der Waals surface area contributed by atoms with E-state index in [0.717, 1.165) is 65.3 Å². The van der Waals surface area contributed by atoms with Gasteiger partial charge in [-0.1, -0.05) is 42.5 Å². The number of fused-ring (bicyclic) bond motifs is 1. The van der Waals surface area contributed by atoms with E-state index in [-0.39, 0.29) is 5.91 Å². The van der Waals surface area contributed by atoms with Crippen molar-refractivity contribution in [2.75, 3.05) is 20.3 Å². The van der Waals surface area contributed by atoms with E-state index in [1.54, 1.807) is 7.11 Å². The van der Waals surface area contributed by atoms with Gasteiger partial charge in [0.25, 0.3) is 5.91 Å². The van der Waals surface area contributed by atoms with Crippen LogP contribution in [0.3, 0.4) is 0 Å². The Morgan fingerprint density at radius 2 is 1.68 bits per heavy atom. The minimum absolute atomic E-state index is 0.0277. The molecule has 6 nitrogen and oxygen atoms in total. The molecule has 0 radical (unpaired) electrons. The number of nitrogens with zero attached hydrogens (tertiary/aromatic N) is 2. The lowest BCUT2D eigenvalue weighted by molar-refractivity contribution is 0.0952. The molecule has 0 atom stereocenters. The van der Waals surface area contributed by atoms with Gasteiger partial charge in [-0.3, -0.25) is 4.79 Å². The van der Waals surface area contributed by atoms with E-state index < -0.39 is 0 Å². The van der Waals surface area contributed by atoms with E-state index in [9.17, 15) is 4.79 Å². The Balaban J connectivity index is 1.34. The van der Waals surface area contributed by atoms with Gasteiger partial charge in [-0.05, 0) is 55.7 Å². The fourth-order valence-electron chi connectivity index (χ4n) is 4.08. The maximum Gasteiger partial charge on any atom is 0.251 e. The fraction of sp³-hybridized carbons (Fsp3) is 0.286. The standard InChI is InChI=1S/C28H31N3O3/c1-21-11-3-4-12-22(21)28(32)29-18-9-17-27-30-23-13-5-6-14-24(23)31(27)19-10-20-34-26-16-8-7-15-25(26)33-2/h3-8,11-16H,9-10,17-20H2,1-2H3,(H,29,32). The van der Waals surface area contributed by atoms with Crippen LogP contribution in [0.4, 0.5) is 0 Å². The molecule has 1 amide bonds. The molecule has 0 unspecified atom stereocenters. The number of benzene rings is 3. The van der Waals surface area contributed by atoms with E-state index in [1.165, 1.54) is 0 Å². The van der Waals surface area contributed by atoms with Crippen molar-refractivity contribution in [3.05, 3.63) is 89.7 Å².